The van der Waals surface area contributed by atoms with Crippen molar-refractivity contribution in [1.82, 2.24) is 15.0 Å². The van der Waals surface area contributed by atoms with Crippen LogP contribution in [0, 0.1) is 13.8 Å². The van der Waals surface area contributed by atoms with Crippen molar-refractivity contribution in [1.29, 1.82) is 0 Å². The number of nitrogens with one attached hydrogen (secondary N) is 1. The summed E-state index contributed by atoms with van der Waals surface area (Å²) in [6.07, 6.45) is 1.76. The molecule has 1 aliphatic rings. The lowest BCUT2D eigenvalue weighted by Gasteiger charge is -2.38. The Morgan fingerprint density at radius 1 is 1.19 bits per heavy atom. The Kier molecular flexibility index (Phi) is 5.93. The van der Waals surface area contributed by atoms with E-state index in [-0.39, 0.29) is 18.1 Å². The summed E-state index contributed by atoms with van der Waals surface area (Å²) in [4.78, 5) is 19.3. The molecule has 2 amide bonds. The number of piperidine rings is 1. The minimum atomic E-state index is -0.368. The zero-order valence-electron chi connectivity index (χ0n) is 18.2. The van der Waals surface area contributed by atoms with Gasteiger partial charge in [0.1, 0.15) is 5.75 Å². The van der Waals surface area contributed by atoms with Crippen molar-refractivity contribution in [3.05, 3.63) is 71.4 Å². The third-order valence-corrected chi connectivity index (χ3v) is 5.86. The van der Waals surface area contributed by atoms with Gasteiger partial charge in [0.2, 0.25) is 0 Å². The molecule has 1 saturated heterocycles. The topological polar surface area (TPSA) is 80.5 Å². The summed E-state index contributed by atoms with van der Waals surface area (Å²) in [6, 6.07) is 15.4. The summed E-state index contributed by atoms with van der Waals surface area (Å²) in [5, 5.41) is 7.21. The average Bonchev–Trinajstić information content (AvgIpc) is 3.26. The van der Waals surface area contributed by atoms with Crippen LogP contribution in [-0.2, 0) is 12.0 Å². The Balaban J connectivity index is 1.40. The molecule has 0 saturated carbocycles. The Bertz CT molecular complexity index is 1050. The molecule has 1 atom stereocenters. The molecule has 0 bridgehead atoms. The van der Waals surface area contributed by atoms with Crippen LogP contribution in [0.2, 0.25) is 0 Å². The first kappa shape index (κ1) is 20.9. The highest BCUT2D eigenvalue weighted by atomic mass is 16.5. The Morgan fingerprint density at radius 3 is 2.77 bits per heavy atom. The van der Waals surface area contributed by atoms with Crippen LogP contribution in [0.1, 0.15) is 42.6 Å². The van der Waals surface area contributed by atoms with Gasteiger partial charge in [-0.2, -0.15) is 4.98 Å². The molecule has 0 radical (unpaired) electrons. The molecule has 2 aromatic carbocycles. The maximum Gasteiger partial charge on any atom is 0.321 e. The third kappa shape index (κ3) is 4.87. The van der Waals surface area contributed by atoms with E-state index in [4.69, 9.17) is 9.26 Å². The maximum absolute atomic E-state index is 12.9. The van der Waals surface area contributed by atoms with Crippen molar-refractivity contribution in [3.8, 4) is 5.75 Å². The number of amides is 2. The highest BCUT2D eigenvalue weighted by Gasteiger charge is 2.38. The van der Waals surface area contributed by atoms with Crippen molar-refractivity contribution in [2.24, 2.45) is 0 Å². The molecule has 1 fully saturated rings. The molecule has 1 aliphatic heterocycles. The summed E-state index contributed by atoms with van der Waals surface area (Å²) >= 11 is 0. The number of benzene rings is 2. The number of aryl methyl sites for hydroxylation is 2. The highest BCUT2D eigenvalue weighted by Crippen LogP contribution is 2.32. The molecule has 31 heavy (non-hydrogen) atoms. The van der Waals surface area contributed by atoms with Crippen molar-refractivity contribution in [3.63, 3.8) is 0 Å². The number of para-hydroxylation sites is 1. The summed E-state index contributed by atoms with van der Waals surface area (Å²) < 4.78 is 11.1. The van der Waals surface area contributed by atoms with Gasteiger partial charge in [-0.15, -0.1) is 0 Å². The molecule has 3 aromatic rings. The van der Waals surface area contributed by atoms with Gasteiger partial charge in [-0.3, -0.25) is 0 Å². The standard InChI is InChI=1S/C24H28N4O3/c1-17-10-11-19(14-18(17)2)25-23(29)28-13-7-12-24(3,16-28)22-26-21(31-27-22)15-30-20-8-5-4-6-9-20/h4-6,8-11,14H,7,12-13,15-16H2,1-3H3,(H,25,29). The lowest BCUT2D eigenvalue weighted by atomic mass is 9.81. The van der Waals surface area contributed by atoms with Gasteiger partial charge in [0.15, 0.2) is 12.4 Å². The van der Waals surface area contributed by atoms with E-state index >= 15 is 0 Å². The van der Waals surface area contributed by atoms with Gasteiger partial charge in [-0.05, 0) is 62.1 Å². The van der Waals surface area contributed by atoms with E-state index < -0.39 is 0 Å². The first-order valence-corrected chi connectivity index (χ1v) is 10.6. The van der Waals surface area contributed by atoms with Gasteiger partial charge in [0.05, 0.1) is 0 Å². The molecular weight excluding hydrogens is 392 g/mol. The number of hydrogen-bond acceptors (Lipinski definition) is 5. The van der Waals surface area contributed by atoms with Crippen molar-refractivity contribution in [2.45, 2.75) is 45.6 Å². The Labute approximate surface area is 182 Å². The number of carbonyl (C=O) groups excluding carboxylic acids is 1. The molecule has 1 aromatic heterocycles. The number of aromatic nitrogens is 2. The Morgan fingerprint density at radius 2 is 2.00 bits per heavy atom. The lowest BCUT2D eigenvalue weighted by Crippen LogP contribution is -2.49. The maximum atomic E-state index is 12.9. The van der Waals surface area contributed by atoms with Crippen LogP contribution >= 0.6 is 0 Å². The second kappa shape index (κ2) is 8.79. The van der Waals surface area contributed by atoms with Crippen molar-refractivity contribution >= 4 is 11.7 Å². The van der Waals surface area contributed by atoms with Crippen molar-refractivity contribution in [2.75, 3.05) is 18.4 Å². The Hall–Kier alpha value is -3.35. The zero-order chi connectivity index (χ0) is 21.8. The van der Waals surface area contributed by atoms with E-state index in [0.717, 1.165) is 29.8 Å². The molecule has 1 N–H and O–H groups in total. The smallest absolute Gasteiger partial charge is 0.321 e. The minimum absolute atomic E-state index is 0.106. The molecule has 0 spiro atoms. The first-order valence-electron chi connectivity index (χ1n) is 10.6. The van der Waals surface area contributed by atoms with E-state index in [1.807, 2.05) is 60.4 Å². The molecule has 7 nitrogen and oxygen atoms in total. The predicted molar refractivity (Wildman–Crippen MR) is 118 cm³/mol. The number of nitrogens with zero attached hydrogens (tertiary/aromatic N) is 3. The summed E-state index contributed by atoms with van der Waals surface area (Å²) in [7, 11) is 0. The number of hydrogen-bond donors (Lipinski definition) is 1. The molecule has 0 aliphatic carbocycles. The van der Waals surface area contributed by atoms with Crippen LogP contribution < -0.4 is 10.1 Å². The van der Waals surface area contributed by atoms with E-state index in [1.54, 1.807) is 0 Å². The van der Waals surface area contributed by atoms with Gasteiger partial charge < -0.3 is 19.5 Å². The second-order valence-corrected chi connectivity index (χ2v) is 8.43. The molecule has 2 heterocycles. The number of anilines is 1. The summed E-state index contributed by atoms with van der Waals surface area (Å²) in [6.45, 7) is 7.62. The molecular formula is C24H28N4O3. The van der Waals surface area contributed by atoms with Crippen LogP contribution in [0.15, 0.2) is 53.1 Å². The fourth-order valence-corrected chi connectivity index (χ4v) is 3.84. The normalized spacial score (nSPS) is 18.6. The highest BCUT2D eigenvalue weighted by molar-refractivity contribution is 5.89. The van der Waals surface area contributed by atoms with E-state index in [1.165, 1.54) is 5.56 Å². The fourth-order valence-electron chi connectivity index (χ4n) is 3.84. The number of urea groups is 1. The summed E-state index contributed by atoms with van der Waals surface area (Å²) in [5.74, 6) is 1.79. The number of rotatable bonds is 5. The molecule has 1 unspecified atom stereocenters. The lowest BCUT2D eigenvalue weighted by molar-refractivity contribution is 0.161. The van der Waals surface area contributed by atoms with Crippen molar-refractivity contribution < 1.29 is 14.1 Å². The molecule has 7 heteroatoms. The zero-order valence-corrected chi connectivity index (χ0v) is 18.2. The second-order valence-electron chi connectivity index (χ2n) is 8.43. The largest absolute Gasteiger partial charge is 0.484 e. The van der Waals surface area contributed by atoms with Crippen LogP contribution in [0.3, 0.4) is 0 Å². The van der Waals surface area contributed by atoms with Crippen LogP contribution in [0.25, 0.3) is 0 Å². The number of ether oxygens (including phenoxy) is 1. The van der Waals surface area contributed by atoms with Gasteiger partial charge in [-0.1, -0.05) is 36.3 Å². The first-order chi connectivity index (χ1) is 14.9. The SMILES string of the molecule is Cc1ccc(NC(=O)N2CCCC(C)(c3noc(COc4ccccc4)n3)C2)cc1C. The molecule has 162 valence electrons. The molecule has 4 rings (SSSR count). The van der Waals surface area contributed by atoms with Gasteiger partial charge in [-0.25, -0.2) is 4.79 Å². The van der Waals surface area contributed by atoms with Crippen LogP contribution in [-0.4, -0.2) is 34.2 Å². The average molecular weight is 421 g/mol. The quantitative estimate of drug-likeness (QED) is 0.638. The van der Waals surface area contributed by atoms with E-state index in [0.29, 0.717) is 24.8 Å². The third-order valence-electron chi connectivity index (χ3n) is 5.86. The predicted octanol–water partition coefficient (Wildman–Crippen LogP) is 4.85. The van der Waals surface area contributed by atoms with Crippen LogP contribution in [0.4, 0.5) is 10.5 Å². The monoisotopic (exact) mass is 420 g/mol. The number of carbonyl (C=O) groups is 1. The number of likely N-dealkylation sites (tertiary alicyclic amines) is 1. The van der Waals surface area contributed by atoms with Gasteiger partial charge >= 0.3 is 6.03 Å². The van der Waals surface area contributed by atoms with E-state index in [2.05, 4.69) is 29.3 Å². The minimum Gasteiger partial charge on any atom is -0.484 e. The van der Waals surface area contributed by atoms with Crippen LogP contribution in [0.5, 0.6) is 5.75 Å². The summed E-state index contributed by atoms with van der Waals surface area (Å²) in [5.41, 5.74) is 2.79. The van der Waals surface area contributed by atoms with Gasteiger partial charge in [0, 0.05) is 24.2 Å². The van der Waals surface area contributed by atoms with Gasteiger partial charge in [0.25, 0.3) is 5.89 Å². The van der Waals surface area contributed by atoms with E-state index in [9.17, 15) is 4.79 Å². The fraction of sp³-hybridized carbons (Fsp3) is 0.375.